The lowest BCUT2D eigenvalue weighted by molar-refractivity contribution is 0.427. The van der Waals surface area contributed by atoms with Crippen LogP contribution in [0.25, 0.3) is 0 Å². The molecule has 2 aliphatic rings. The van der Waals surface area contributed by atoms with Gasteiger partial charge in [-0.1, -0.05) is 12.8 Å². The number of hydrogen-bond donors (Lipinski definition) is 2. The molecule has 2 N–H and O–H groups in total. The van der Waals surface area contributed by atoms with Crippen LogP contribution < -0.4 is 10.0 Å². The average Bonchev–Trinajstić information content (AvgIpc) is 3.01. The highest BCUT2D eigenvalue weighted by Crippen LogP contribution is 2.35. The molecule has 0 spiro atoms. The zero-order chi connectivity index (χ0) is 15.1. The van der Waals surface area contributed by atoms with Crippen LogP contribution in [-0.4, -0.2) is 20.0 Å². The Bertz CT molecular complexity index is 617. The van der Waals surface area contributed by atoms with E-state index >= 15 is 0 Å². The fraction of sp³-hybridized carbons (Fsp3) is 0.714. The Kier molecular flexibility index (Phi) is 4.49. The molecule has 0 aromatic carbocycles. The van der Waals surface area contributed by atoms with Crippen molar-refractivity contribution in [3.05, 3.63) is 14.7 Å². The van der Waals surface area contributed by atoms with Crippen molar-refractivity contribution in [3.63, 3.8) is 0 Å². The monoisotopic (exact) mass is 392 g/mol. The predicted octanol–water partition coefficient (Wildman–Crippen LogP) is 3.37. The lowest BCUT2D eigenvalue weighted by atomic mass is 10.0. The summed E-state index contributed by atoms with van der Waals surface area (Å²) < 4.78 is 28.9. The Morgan fingerprint density at radius 1 is 1.38 bits per heavy atom. The van der Waals surface area contributed by atoms with Gasteiger partial charge in [0.2, 0.25) is 10.0 Å². The summed E-state index contributed by atoms with van der Waals surface area (Å²) in [5.74, 6) is 0. The van der Waals surface area contributed by atoms with Crippen LogP contribution in [0, 0.1) is 0 Å². The van der Waals surface area contributed by atoms with Gasteiger partial charge in [0, 0.05) is 23.0 Å². The Hall–Kier alpha value is 0.0500. The van der Waals surface area contributed by atoms with Crippen LogP contribution in [-0.2, 0) is 16.6 Å². The molecule has 3 rings (SSSR count). The van der Waals surface area contributed by atoms with Gasteiger partial charge in [0.05, 0.1) is 3.79 Å². The SMILES string of the molecule is CC1(NS(=O)(=O)c2cc(CNC3CC3)sc2Br)CCCC1. The quantitative estimate of drug-likeness (QED) is 0.779. The minimum atomic E-state index is -3.45. The van der Waals surface area contributed by atoms with Gasteiger partial charge < -0.3 is 5.32 Å². The maximum absolute atomic E-state index is 12.6. The smallest absolute Gasteiger partial charge is 0.243 e. The fourth-order valence-corrected chi connectivity index (χ4v) is 6.94. The highest BCUT2D eigenvalue weighted by atomic mass is 79.9. The molecule has 0 atom stereocenters. The largest absolute Gasteiger partial charge is 0.309 e. The van der Waals surface area contributed by atoms with E-state index in [2.05, 4.69) is 26.0 Å². The Morgan fingerprint density at radius 3 is 2.67 bits per heavy atom. The normalized spacial score (nSPS) is 21.8. The second-order valence-corrected chi connectivity index (χ2v) is 10.5. The Labute approximate surface area is 138 Å². The van der Waals surface area contributed by atoms with Crippen molar-refractivity contribution in [2.24, 2.45) is 0 Å². The molecule has 2 aliphatic carbocycles. The fourth-order valence-electron chi connectivity index (χ4n) is 2.84. The lowest BCUT2D eigenvalue weighted by Gasteiger charge is -2.24. The number of halogens is 1. The molecule has 7 heteroatoms. The molecule has 2 saturated carbocycles. The van der Waals surface area contributed by atoms with Gasteiger partial charge in [0.25, 0.3) is 0 Å². The van der Waals surface area contributed by atoms with Crippen molar-refractivity contribution in [1.82, 2.24) is 10.0 Å². The molecule has 0 saturated heterocycles. The highest BCUT2D eigenvalue weighted by molar-refractivity contribution is 9.11. The van der Waals surface area contributed by atoms with Crippen LogP contribution in [0.15, 0.2) is 14.7 Å². The summed E-state index contributed by atoms with van der Waals surface area (Å²) in [7, 11) is -3.45. The maximum atomic E-state index is 12.6. The molecule has 0 aliphatic heterocycles. The van der Waals surface area contributed by atoms with Gasteiger partial charge >= 0.3 is 0 Å². The average molecular weight is 393 g/mol. The first-order valence-electron chi connectivity index (χ1n) is 7.44. The van der Waals surface area contributed by atoms with Crippen molar-refractivity contribution in [3.8, 4) is 0 Å². The topological polar surface area (TPSA) is 58.2 Å². The summed E-state index contributed by atoms with van der Waals surface area (Å²) in [6, 6.07) is 2.42. The van der Waals surface area contributed by atoms with Gasteiger partial charge in [-0.3, -0.25) is 0 Å². The van der Waals surface area contributed by atoms with Gasteiger partial charge in [-0.15, -0.1) is 11.3 Å². The van der Waals surface area contributed by atoms with E-state index in [0.29, 0.717) is 14.7 Å². The zero-order valence-electron chi connectivity index (χ0n) is 12.1. The van der Waals surface area contributed by atoms with Crippen LogP contribution in [0.4, 0.5) is 0 Å². The first kappa shape index (κ1) is 15.9. The second kappa shape index (κ2) is 5.92. The molecule has 1 aromatic heterocycles. The minimum absolute atomic E-state index is 0.285. The van der Waals surface area contributed by atoms with E-state index in [1.807, 2.05) is 6.92 Å². The van der Waals surface area contributed by atoms with Gasteiger partial charge in [-0.2, -0.15) is 0 Å². The summed E-state index contributed by atoms with van der Waals surface area (Å²) in [6.07, 6.45) is 6.50. The van der Waals surface area contributed by atoms with E-state index < -0.39 is 10.0 Å². The maximum Gasteiger partial charge on any atom is 0.243 e. The van der Waals surface area contributed by atoms with E-state index in [-0.39, 0.29) is 5.54 Å². The van der Waals surface area contributed by atoms with Crippen molar-refractivity contribution in [1.29, 1.82) is 0 Å². The molecule has 2 fully saturated rings. The zero-order valence-corrected chi connectivity index (χ0v) is 15.3. The summed E-state index contributed by atoms with van der Waals surface area (Å²) in [5.41, 5.74) is -0.285. The number of hydrogen-bond acceptors (Lipinski definition) is 4. The Balaban J connectivity index is 1.74. The van der Waals surface area contributed by atoms with Gasteiger partial charge in [-0.25, -0.2) is 13.1 Å². The van der Waals surface area contributed by atoms with Crippen LogP contribution in [0.1, 0.15) is 50.3 Å². The lowest BCUT2D eigenvalue weighted by Crippen LogP contribution is -2.43. The van der Waals surface area contributed by atoms with Crippen LogP contribution in [0.3, 0.4) is 0 Å². The molecule has 118 valence electrons. The standard InChI is InChI=1S/C14H21BrN2O2S2/c1-14(6-2-3-7-14)17-21(18,19)12-8-11(20-13(12)15)9-16-10-4-5-10/h8,10,16-17H,2-7,9H2,1H3. The number of nitrogens with one attached hydrogen (secondary N) is 2. The van der Waals surface area contributed by atoms with Gasteiger partial charge in [0.15, 0.2) is 0 Å². The molecule has 0 unspecified atom stereocenters. The third-order valence-electron chi connectivity index (χ3n) is 4.23. The summed E-state index contributed by atoms with van der Waals surface area (Å²) >= 11 is 4.92. The Morgan fingerprint density at radius 2 is 2.05 bits per heavy atom. The molecular weight excluding hydrogens is 372 g/mol. The molecule has 21 heavy (non-hydrogen) atoms. The molecule has 1 aromatic rings. The molecular formula is C14H21BrN2O2S2. The predicted molar refractivity (Wildman–Crippen MR) is 89.1 cm³/mol. The van der Waals surface area contributed by atoms with E-state index in [0.717, 1.165) is 37.1 Å². The molecule has 0 amide bonds. The van der Waals surface area contributed by atoms with Crippen LogP contribution in [0.5, 0.6) is 0 Å². The highest BCUT2D eigenvalue weighted by Gasteiger charge is 2.34. The summed E-state index contributed by atoms with van der Waals surface area (Å²) in [6.45, 7) is 2.76. The first-order chi connectivity index (χ1) is 9.88. The molecule has 4 nitrogen and oxygen atoms in total. The molecule has 0 bridgehead atoms. The van der Waals surface area contributed by atoms with Crippen molar-refractivity contribution >= 4 is 37.3 Å². The van der Waals surface area contributed by atoms with Gasteiger partial charge in [-0.05, 0) is 54.6 Å². The van der Waals surface area contributed by atoms with E-state index in [1.165, 1.54) is 24.2 Å². The second-order valence-electron chi connectivity index (χ2n) is 6.38. The third-order valence-corrected chi connectivity index (χ3v) is 8.12. The van der Waals surface area contributed by atoms with Crippen molar-refractivity contribution in [2.45, 2.75) is 68.5 Å². The molecule has 0 radical (unpaired) electrons. The van der Waals surface area contributed by atoms with Gasteiger partial charge in [0.1, 0.15) is 4.90 Å². The molecule has 1 heterocycles. The van der Waals surface area contributed by atoms with E-state index in [1.54, 1.807) is 6.07 Å². The van der Waals surface area contributed by atoms with Crippen molar-refractivity contribution in [2.75, 3.05) is 0 Å². The summed E-state index contributed by atoms with van der Waals surface area (Å²) in [4.78, 5) is 1.44. The first-order valence-corrected chi connectivity index (χ1v) is 10.5. The number of thiophene rings is 1. The van der Waals surface area contributed by atoms with E-state index in [9.17, 15) is 8.42 Å². The minimum Gasteiger partial charge on any atom is -0.309 e. The number of sulfonamides is 1. The van der Waals surface area contributed by atoms with Crippen LogP contribution in [0.2, 0.25) is 0 Å². The van der Waals surface area contributed by atoms with Crippen LogP contribution >= 0.6 is 27.3 Å². The summed E-state index contributed by atoms with van der Waals surface area (Å²) in [5, 5.41) is 3.42. The van der Waals surface area contributed by atoms with E-state index in [4.69, 9.17) is 0 Å². The third kappa shape index (κ3) is 3.88. The van der Waals surface area contributed by atoms with Crippen molar-refractivity contribution < 1.29 is 8.42 Å². The number of rotatable bonds is 6.